The molecule has 2 rings (SSSR count). The molecule has 0 spiro atoms. The number of ether oxygens (including phenoxy) is 1. The Morgan fingerprint density at radius 2 is 2.18 bits per heavy atom. The summed E-state index contributed by atoms with van der Waals surface area (Å²) in [5.74, 6) is 0.252. The number of carbonyl (C=O) groups excluding carboxylic acids is 1. The number of carbonyl (C=O) groups is 1. The van der Waals surface area contributed by atoms with Crippen molar-refractivity contribution in [2.75, 3.05) is 18.5 Å². The van der Waals surface area contributed by atoms with Crippen molar-refractivity contribution in [3.05, 3.63) is 0 Å². The quantitative estimate of drug-likeness (QED) is 0.747. The second kappa shape index (κ2) is 6.74. The molecule has 0 aromatic rings. The third kappa shape index (κ3) is 3.44. The summed E-state index contributed by atoms with van der Waals surface area (Å²) in [6.07, 6.45) is 7.63. The zero-order valence-corrected chi connectivity index (χ0v) is 12.0. The molecule has 0 bridgehead atoms. The van der Waals surface area contributed by atoms with Crippen LogP contribution in [0.5, 0.6) is 0 Å². The van der Waals surface area contributed by atoms with E-state index in [0.29, 0.717) is 6.04 Å². The highest BCUT2D eigenvalue weighted by atomic mass is 79.9. The van der Waals surface area contributed by atoms with Crippen LogP contribution in [0, 0.1) is 0 Å². The van der Waals surface area contributed by atoms with E-state index in [4.69, 9.17) is 4.74 Å². The molecule has 1 amide bonds. The van der Waals surface area contributed by atoms with E-state index in [1.807, 2.05) is 0 Å². The molecule has 0 radical (unpaired) electrons. The number of hydrogen-bond acceptors (Lipinski definition) is 2. The van der Waals surface area contributed by atoms with Gasteiger partial charge in [-0.3, -0.25) is 4.79 Å². The molecule has 17 heavy (non-hydrogen) atoms. The summed E-state index contributed by atoms with van der Waals surface area (Å²) in [5, 5.41) is 1.03. The molecule has 98 valence electrons. The molecule has 2 atom stereocenters. The third-order valence-electron chi connectivity index (χ3n) is 3.79. The predicted octanol–water partition coefficient (Wildman–Crippen LogP) is 2.72. The molecule has 0 saturated carbocycles. The highest BCUT2D eigenvalue weighted by Gasteiger charge is 2.33. The van der Waals surface area contributed by atoms with E-state index in [9.17, 15) is 4.79 Å². The highest BCUT2D eigenvalue weighted by Crippen LogP contribution is 2.25. The van der Waals surface area contributed by atoms with E-state index >= 15 is 0 Å². The van der Waals surface area contributed by atoms with Crippen LogP contribution in [0.4, 0.5) is 0 Å². The topological polar surface area (TPSA) is 29.5 Å². The van der Waals surface area contributed by atoms with E-state index in [1.54, 1.807) is 0 Å². The van der Waals surface area contributed by atoms with Crippen LogP contribution in [0.2, 0.25) is 0 Å². The molecular weight excluding hydrogens is 282 g/mol. The van der Waals surface area contributed by atoms with Crippen molar-refractivity contribution in [3.63, 3.8) is 0 Å². The lowest BCUT2D eigenvalue weighted by Gasteiger charge is -2.30. The van der Waals surface area contributed by atoms with Gasteiger partial charge in [0, 0.05) is 24.5 Å². The summed E-state index contributed by atoms with van der Waals surface area (Å²) in [4.78, 5) is 14.4. The lowest BCUT2D eigenvalue weighted by molar-refractivity contribution is -0.147. The number of halogens is 1. The molecule has 2 fully saturated rings. The van der Waals surface area contributed by atoms with Crippen molar-refractivity contribution in [3.8, 4) is 0 Å². The van der Waals surface area contributed by atoms with Crippen LogP contribution in [0.1, 0.15) is 44.9 Å². The minimum atomic E-state index is -0.145. The van der Waals surface area contributed by atoms with Crippen molar-refractivity contribution < 1.29 is 9.53 Å². The maximum atomic E-state index is 12.4. The van der Waals surface area contributed by atoms with Gasteiger partial charge in [-0.15, -0.1) is 0 Å². The van der Waals surface area contributed by atoms with Crippen molar-refractivity contribution in [1.29, 1.82) is 0 Å². The number of likely N-dealkylation sites (tertiary alicyclic amines) is 1. The van der Waals surface area contributed by atoms with Crippen molar-refractivity contribution in [1.82, 2.24) is 4.90 Å². The van der Waals surface area contributed by atoms with Crippen LogP contribution < -0.4 is 0 Å². The first-order valence-corrected chi connectivity index (χ1v) is 7.93. The molecule has 2 aliphatic rings. The first-order chi connectivity index (χ1) is 8.33. The van der Waals surface area contributed by atoms with Crippen LogP contribution in [-0.4, -0.2) is 41.4 Å². The van der Waals surface area contributed by atoms with Crippen molar-refractivity contribution in [2.24, 2.45) is 0 Å². The van der Waals surface area contributed by atoms with Gasteiger partial charge in [0.25, 0.3) is 5.91 Å². The average molecular weight is 304 g/mol. The summed E-state index contributed by atoms with van der Waals surface area (Å²) < 4.78 is 5.60. The molecule has 2 unspecified atom stereocenters. The molecule has 0 N–H and O–H groups in total. The second-order valence-electron chi connectivity index (χ2n) is 5.01. The molecule has 4 heteroatoms. The average Bonchev–Trinajstić information content (AvgIpc) is 2.84. The van der Waals surface area contributed by atoms with Gasteiger partial charge in [0.1, 0.15) is 6.10 Å². The van der Waals surface area contributed by atoms with Gasteiger partial charge in [-0.2, -0.15) is 0 Å². The Morgan fingerprint density at radius 1 is 1.29 bits per heavy atom. The number of amides is 1. The first-order valence-electron chi connectivity index (χ1n) is 6.81. The van der Waals surface area contributed by atoms with Crippen LogP contribution in [0.25, 0.3) is 0 Å². The van der Waals surface area contributed by atoms with Crippen LogP contribution in [0.15, 0.2) is 0 Å². The Hall–Kier alpha value is -0.0900. The van der Waals surface area contributed by atoms with Crippen LogP contribution >= 0.6 is 15.9 Å². The Kier molecular flexibility index (Phi) is 5.29. The van der Waals surface area contributed by atoms with Gasteiger partial charge in [-0.05, 0) is 44.9 Å². The standard InChI is InChI=1S/C13H22BrNO2/c14-8-3-5-11-6-4-9-15(11)13(16)12-7-1-2-10-17-12/h11-12H,1-10H2. The first kappa shape index (κ1) is 13.3. The monoisotopic (exact) mass is 303 g/mol. The largest absolute Gasteiger partial charge is 0.368 e. The minimum Gasteiger partial charge on any atom is -0.368 e. The normalized spacial score (nSPS) is 29.6. The van der Waals surface area contributed by atoms with Gasteiger partial charge in [0.2, 0.25) is 0 Å². The summed E-state index contributed by atoms with van der Waals surface area (Å²) in [5.41, 5.74) is 0. The Balaban J connectivity index is 1.88. The lowest BCUT2D eigenvalue weighted by Crippen LogP contribution is -2.44. The molecule has 2 saturated heterocycles. The number of nitrogens with zero attached hydrogens (tertiary/aromatic N) is 1. The van der Waals surface area contributed by atoms with Gasteiger partial charge in [-0.1, -0.05) is 15.9 Å². The van der Waals surface area contributed by atoms with E-state index in [1.165, 1.54) is 6.42 Å². The van der Waals surface area contributed by atoms with Gasteiger partial charge >= 0.3 is 0 Å². The molecule has 0 aromatic carbocycles. The number of alkyl halides is 1. The molecule has 3 nitrogen and oxygen atoms in total. The summed E-state index contributed by atoms with van der Waals surface area (Å²) in [6.45, 7) is 1.70. The summed E-state index contributed by atoms with van der Waals surface area (Å²) in [6, 6.07) is 0.463. The second-order valence-corrected chi connectivity index (χ2v) is 5.81. The van der Waals surface area contributed by atoms with Crippen molar-refractivity contribution in [2.45, 2.75) is 57.1 Å². The van der Waals surface area contributed by atoms with Gasteiger partial charge in [-0.25, -0.2) is 0 Å². The zero-order chi connectivity index (χ0) is 12.1. The van der Waals surface area contributed by atoms with E-state index in [-0.39, 0.29) is 12.0 Å². The van der Waals surface area contributed by atoms with Crippen LogP contribution in [0.3, 0.4) is 0 Å². The fraction of sp³-hybridized carbons (Fsp3) is 0.923. The highest BCUT2D eigenvalue weighted by molar-refractivity contribution is 9.09. The number of hydrogen-bond donors (Lipinski definition) is 0. The molecule has 0 aromatic heterocycles. The summed E-state index contributed by atoms with van der Waals surface area (Å²) in [7, 11) is 0. The Morgan fingerprint density at radius 3 is 2.88 bits per heavy atom. The zero-order valence-electron chi connectivity index (χ0n) is 10.4. The Bertz CT molecular complexity index is 254. The molecular formula is C13H22BrNO2. The van der Waals surface area contributed by atoms with Crippen LogP contribution in [-0.2, 0) is 9.53 Å². The summed E-state index contributed by atoms with van der Waals surface area (Å²) >= 11 is 3.46. The van der Waals surface area contributed by atoms with Crippen molar-refractivity contribution >= 4 is 21.8 Å². The van der Waals surface area contributed by atoms with E-state index in [2.05, 4.69) is 20.8 Å². The third-order valence-corrected chi connectivity index (χ3v) is 4.35. The maximum absolute atomic E-state index is 12.4. The van der Waals surface area contributed by atoms with Gasteiger partial charge in [0.15, 0.2) is 0 Å². The fourth-order valence-corrected chi connectivity index (χ4v) is 3.18. The van der Waals surface area contributed by atoms with E-state index < -0.39 is 0 Å². The lowest BCUT2D eigenvalue weighted by atomic mass is 10.1. The van der Waals surface area contributed by atoms with Gasteiger partial charge in [0.05, 0.1) is 0 Å². The smallest absolute Gasteiger partial charge is 0.251 e. The minimum absolute atomic E-state index is 0.145. The number of rotatable bonds is 4. The molecule has 2 heterocycles. The molecule has 0 aliphatic carbocycles. The predicted molar refractivity (Wildman–Crippen MR) is 71.4 cm³/mol. The van der Waals surface area contributed by atoms with Gasteiger partial charge < -0.3 is 9.64 Å². The maximum Gasteiger partial charge on any atom is 0.251 e. The Labute approximate surface area is 112 Å². The fourth-order valence-electron chi connectivity index (χ4n) is 2.86. The molecule has 2 aliphatic heterocycles. The SMILES string of the molecule is O=C(C1CCCCO1)N1CCCC1CCCBr. The van der Waals surface area contributed by atoms with E-state index in [0.717, 1.165) is 57.0 Å².